The topological polar surface area (TPSA) is 29.5 Å². The molecule has 0 spiro atoms. The summed E-state index contributed by atoms with van der Waals surface area (Å²) < 4.78 is 5.54. The molecule has 0 aromatic heterocycles. The van der Waals surface area contributed by atoms with Crippen LogP contribution >= 0.6 is 22.6 Å². The fraction of sp³-hybridized carbons (Fsp3) is 0.586. The SMILES string of the molecule is CCc1c(C)c(COC)c(C)c(Cc2cc(C(C)(C)C)c(O)c(C(C)(C)C)c2)c1C.CI. The van der Waals surface area contributed by atoms with Crippen molar-refractivity contribution < 1.29 is 9.84 Å². The van der Waals surface area contributed by atoms with Crippen LogP contribution in [0.4, 0.5) is 0 Å². The molecule has 0 aliphatic rings. The highest BCUT2D eigenvalue weighted by atomic mass is 127. The van der Waals surface area contributed by atoms with Crippen LogP contribution in [-0.4, -0.2) is 17.1 Å². The average Bonchev–Trinajstić information content (AvgIpc) is 2.69. The van der Waals surface area contributed by atoms with Gasteiger partial charge in [-0.2, -0.15) is 0 Å². The molecule has 0 heterocycles. The van der Waals surface area contributed by atoms with E-state index in [0.29, 0.717) is 12.4 Å². The molecule has 2 nitrogen and oxygen atoms in total. The molecule has 0 saturated carbocycles. The molecule has 0 aliphatic carbocycles. The lowest BCUT2D eigenvalue weighted by Gasteiger charge is -2.29. The molecule has 0 radical (unpaired) electrons. The third-order valence-electron chi connectivity index (χ3n) is 6.52. The minimum atomic E-state index is -0.118. The molecule has 0 amide bonds. The molecule has 2 rings (SSSR count). The number of methoxy groups -OCH3 is 1. The maximum Gasteiger partial charge on any atom is 0.123 e. The molecule has 0 atom stereocenters. The lowest BCUT2D eigenvalue weighted by atomic mass is 9.77. The Labute approximate surface area is 211 Å². The predicted molar refractivity (Wildman–Crippen MR) is 149 cm³/mol. The molecule has 0 saturated heterocycles. The zero-order valence-electron chi connectivity index (χ0n) is 22.5. The highest BCUT2D eigenvalue weighted by Gasteiger charge is 2.27. The van der Waals surface area contributed by atoms with Gasteiger partial charge >= 0.3 is 0 Å². The van der Waals surface area contributed by atoms with Crippen LogP contribution in [0.2, 0.25) is 0 Å². The van der Waals surface area contributed by atoms with Crippen molar-refractivity contribution in [1.29, 1.82) is 0 Å². The Morgan fingerprint density at radius 1 is 0.781 bits per heavy atom. The molecule has 0 aliphatic heterocycles. The Hall–Kier alpha value is -1.07. The van der Waals surface area contributed by atoms with Gasteiger partial charge in [0.25, 0.3) is 0 Å². The molecule has 0 fully saturated rings. The highest BCUT2D eigenvalue weighted by Crippen LogP contribution is 2.41. The van der Waals surface area contributed by atoms with E-state index in [1.165, 1.54) is 38.9 Å². The van der Waals surface area contributed by atoms with E-state index >= 15 is 0 Å². The molecule has 3 heteroatoms. The van der Waals surface area contributed by atoms with Crippen LogP contribution < -0.4 is 0 Å². The lowest BCUT2D eigenvalue weighted by Crippen LogP contribution is -2.18. The number of halogens is 1. The second-order valence-corrected chi connectivity index (χ2v) is 10.8. The number of aromatic hydroxyl groups is 1. The van der Waals surface area contributed by atoms with Crippen LogP contribution in [0.15, 0.2) is 12.1 Å². The van der Waals surface area contributed by atoms with Gasteiger partial charge in [-0.25, -0.2) is 0 Å². The predicted octanol–water partition coefficient (Wildman–Crippen LogP) is 8.26. The minimum Gasteiger partial charge on any atom is -0.507 e. The third-order valence-corrected chi connectivity index (χ3v) is 6.52. The van der Waals surface area contributed by atoms with E-state index in [1.807, 2.05) is 4.93 Å². The Balaban J connectivity index is 0.00000249. The van der Waals surface area contributed by atoms with Crippen LogP contribution in [0.1, 0.15) is 98.5 Å². The van der Waals surface area contributed by atoms with Gasteiger partial charge in [-0.1, -0.05) is 83.2 Å². The van der Waals surface area contributed by atoms with Crippen LogP contribution in [0.5, 0.6) is 5.75 Å². The van der Waals surface area contributed by atoms with Crippen molar-refractivity contribution in [3.05, 3.63) is 62.2 Å². The Kier molecular flexibility index (Phi) is 10.3. The summed E-state index contributed by atoms with van der Waals surface area (Å²) in [4.78, 5) is 1.97. The van der Waals surface area contributed by atoms with Crippen molar-refractivity contribution in [3.63, 3.8) is 0 Å². The van der Waals surface area contributed by atoms with Gasteiger partial charge in [-0.05, 0) is 99.4 Å². The van der Waals surface area contributed by atoms with E-state index in [4.69, 9.17) is 4.74 Å². The largest absolute Gasteiger partial charge is 0.507 e. The number of phenolic OH excluding ortho intramolecular Hbond substituents is 1. The van der Waals surface area contributed by atoms with Gasteiger partial charge in [0.2, 0.25) is 0 Å². The maximum atomic E-state index is 11.1. The molecule has 2 aromatic carbocycles. The highest BCUT2D eigenvalue weighted by molar-refractivity contribution is 14.1. The normalized spacial score (nSPS) is 11.9. The number of benzene rings is 2. The number of hydrogen-bond donors (Lipinski definition) is 1. The first kappa shape index (κ1) is 29.0. The summed E-state index contributed by atoms with van der Waals surface area (Å²) in [5.41, 5.74) is 11.4. The van der Waals surface area contributed by atoms with Gasteiger partial charge in [0, 0.05) is 7.11 Å². The van der Waals surface area contributed by atoms with E-state index in [9.17, 15) is 5.11 Å². The second-order valence-electron chi connectivity index (χ2n) is 10.8. The van der Waals surface area contributed by atoms with Crippen molar-refractivity contribution in [1.82, 2.24) is 0 Å². The van der Waals surface area contributed by atoms with Gasteiger partial charge in [-0.3, -0.25) is 0 Å². The van der Waals surface area contributed by atoms with Crippen LogP contribution in [0.3, 0.4) is 0 Å². The van der Waals surface area contributed by atoms with E-state index in [-0.39, 0.29) is 10.8 Å². The van der Waals surface area contributed by atoms with Crippen molar-refractivity contribution in [2.45, 2.75) is 99.5 Å². The number of ether oxygens (including phenoxy) is 1. The first-order valence-corrected chi connectivity index (χ1v) is 13.7. The minimum absolute atomic E-state index is 0.118. The molecule has 0 unspecified atom stereocenters. The zero-order chi connectivity index (χ0) is 25.0. The summed E-state index contributed by atoms with van der Waals surface area (Å²) in [5.74, 6) is 0.449. The first-order valence-electron chi connectivity index (χ1n) is 11.6. The van der Waals surface area contributed by atoms with Gasteiger partial charge in [-0.15, -0.1) is 0 Å². The van der Waals surface area contributed by atoms with Crippen LogP contribution in [0, 0.1) is 20.8 Å². The molecule has 1 N–H and O–H groups in total. The van der Waals surface area contributed by atoms with E-state index in [1.54, 1.807) is 7.11 Å². The van der Waals surface area contributed by atoms with Crippen molar-refractivity contribution in [2.75, 3.05) is 12.0 Å². The van der Waals surface area contributed by atoms with Gasteiger partial charge in [0.15, 0.2) is 0 Å². The van der Waals surface area contributed by atoms with Gasteiger partial charge < -0.3 is 9.84 Å². The number of rotatable bonds is 5. The molecular formula is C29H45IO2. The fourth-order valence-electron chi connectivity index (χ4n) is 4.69. The van der Waals surface area contributed by atoms with Crippen molar-refractivity contribution >= 4 is 22.6 Å². The molecule has 180 valence electrons. The summed E-state index contributed by atoms with van der Waals surface area (Å²) in [6.07, 6.45) is 1.89. The van der Waals surface area contributed by atoms with Gasteiger partial charge in [0.05, 0.1) is 6.61 Å². The Bertz CT molecular complexity index is 893. The van der Waals surface area contributed by atoms with Crippen molar-refractivity contribution in [3.8, 4) is 5.75 Å². The number of hydrogen-bond acceptors (Lipinski definition) is 2. The van der Waals surface area contributed by atoms with Gasteiger partial charge in [0.1, 0.15) is 5.75 Å². The Morgan fingerprint density at radius 3 is 1.56 bits per heavy atom. The smallest absolute Gasteiger partial charge is 0.123 e. The van der Waals surface area contributed by atoms with E-state index in [2.05, 4.69) is 104 Å². The summed E-state index contributed by atoms with van der Waals surface area (Å²) in [6.45, 7) is 22.7. The van der Waals surface area contributed by atoms with Crippen LogP contribution in [0.25, 0.3) is 0 Å². The summed E-state index contributed by atoms with van der Waals surface area (Å²) in [6, 6.07) is 4.43. The number of phenols is 1. The standard InChI is InChI=1S/C28H42O2.CH3I/c1-12-21-17(2)22(19(4)23(16-30-11)18(21)3)13-20-14-24(27(5,6)7)26(29)25(15-20)28(8,9)10;1-2/h14-15,29H,12-13,16H2,1-11H3;1H3. The molecule has 2 aromatic rings. The quantitative estimate of drug-likeness (QED) is 0.299. The van der Waals surface area contributed by atoms with E-state index < -0.39 is 0 Å². The van der Waals surface area contributed by atoms with Crippen LogP contribution in [-0.2, 0) is 35.0 Å². The average molecular weight is 553 g/mol. The second kappa shape index (κ2) is 11.4. The van der Waals surface area contributed by atoms with E-state index in [0.717, 1.165) is 24.0 Å². The third kappa shape index (κ3) is 6.28. The maximum absolute atomic E-state index is 11.1. The van der Waals surface area contributed by atoms with Crippen molar-refractivity contribution in [2.24, 2.45) is 0 Å². The summed E-state index contributed by atoms with van der Waals surface area (Å²) >= 11 is 2.15. The number of alkyl halides is 1. The monoisotopic (exact) mass is 552 g/mol. The lowest BCUT2D eigenvalue weighted by molar-refractivity contribution is 0.183. The Morgan fingerprint density at radius 2 is 1.19 bits per heavy atom. The zero-order valence-corrected chi connectivity index (χ0v) is 24.7. The summed E-state index contributed by atoms with van der Waals surface area (Å²) in [7, 11) is 1.77. The molecular weight excluding hydrogens is 507 g/mol. The fourth-order valence-corrected chi connectivity index (χ4v) is 4.69. The summed E-state index contributed by atoms with van der Waals surface area (Å²) in [5, 5.41) is 11.1. The first-order chi connectivity index (χ1) is 14.7. The molecule has 0 bridgehead atoms. The molecule has 32 heavy (non-hydrogen) atoms.